The minimum absolute atomic E-state index is 0.160. The van der Waals surface area contributed by atoms with Crippen molar-refractivity contribution in [3.05, 3.63) is 35.9 Å². The van der Waals surface area contributed by atoms with Gasteiger partial charge in [0.05, 0.1) is 18.1 Å². The number of aliphatic hydroxyl groups is 1. The quantitative estimate of drug-likeness (QED) is 0.321. The van der Waals surface area contributed by atoms with Crippen LogP contribution in [0, 0.1) is 12.7 Å². The minimum Gasteiger partial charge on any atom is -0.410 e. The summed E-state index contributed by atoms with van der Waals surface area (Å²) in [6.45, 7) is 15.1. The van der Waals surface area contributed by atoms with Crippen molar-refractivity contribution in [1.29, 1.82) is 0 Å². The molecule has 8 nitrogen and oxygen atoms in total. The maximum Gasteiger partial charge on any atom is 0.200 e. The number of anilines is 1. The summed E-state index contributed by atoms with van der Waals surface area (Å²) in [5.41, 5.74) is 8.78. The number of hydrogen-bond acceptors (Lipinski definition) is 8. The number of hydrogen-bond donors (Lipinski definition) is 2. The van der Waals surface area contributed by atoms with E-state index < -0.39 is 20.6 Å². The summed E-state index contributed by atoms with van der Waals surface area (Å²) in [6.07, 6.45) is 0.609. The largest absolute Gasteiger partial charge is 0.410 e. The molecular weight excluding hydrogens is 509 g/mol. The smallest absolute Gasteiger partial charge is 0.200 e. The number of aryl methyl sites for hydroxylation is 1. The number of halogens is 1. The molecule has 1 aliphatic rings. The van der Waals surface area contributed by atoms with Gasteiger partial charge < -0.3 is 20.0 Å². The Bertz CT molecular complexity index is 1230. The number of nitrogen functional groups attached to an aromatic ring is 1. The number of aromatic nitrogens is 4. The van der Waals surface area contributed by atoms with Crippen LogP contribution in [0.1, 0.15) is 59.8 Å². The molecule has 0 amide bonds. The normalized spacial score (nSPS) is 20.7. The van der Waals surface area contributed by atoms with E-state index in [2.05, 4.69) is 51.5 Å². The molecule has 11 heteroatoms. The first kappa shape index (κ1) is 28.0. The summed E-state index contributed by atoms with van der Waals surface area (Å²) in [5, 5.41) is 16.0. The fourth-order valence-corrected chi connectivity index (χ4v) is 12.4. The summed E-state index contributed by atoms with van der Waals surface area (Å²) >= 11 is 1.18. The molecule has 0 radical (unpaired) electrons. The second-order valence-electron chi connectivity index (χ2n) is 10.8. The molecule has 1 aromatic carbocycles. The molecule has 3 heterocycles. The van der Waals surface area contributed by atoms with Gasteiger partial charge in [0.15, 0.2) is 11.9 Å². The SMILES string of the molecule is Cc1ccc(Sc2nn([C@H]3C[C@@H](O[Si](C(C)C)(C(C)C)C(C)C)[C@@H](CO)O3)c3ncnc(N)c23)c(F)c1. The maximum absolute atomic E-state index is 14.7. The van der Waals surface area contributed by atoms with Gasteiger partial charge in [-0.3, -0.25) is 0 Å². The third-order valence-corrected chi connectivity index (χ3v) is 14.6. The van der Waals surface area contributed by atoms with Crippen LogP contribution in [0.15, 0.2) is 34.4 Å². The third-order valence-electron chi connectivity index (χ3n) is 7.48. The van der Waals surface area contributed by atoms with Gasteiger partial charge in [-0.1, -0.05) is 59.4 Å². The van der Waals surface area contributed by atoms with E-state index in [1.807, 2.05) is 13.0 Å². The van der Waals surface area contributed by atoms with Gasteiger partial charge in [0.2, 0.25) is 8.32 Å². The standard InChI is InChI=1S/C26H38FN5O3SSi/c1-14(2)37(15(3)4,16(5)6)35-19-11-22(34-20(19)12-33)32-25-23(24(28)29-13-30-25)26(31-32)36-21-9-8-17(7)10-18(21)27/h8-10,13-16,19-20,22,33H,11-12H2,1-7H3,(H2,28,29,30)/t19-,20-,22-/m1/s1. The summed E-state index contributed by atoms with van der Waals surface area (Å²) in [7, 11) is -2.21. The molecule has 1 fully saturated rings. The first-order valence-corrected chi connectivity index (χ1v) is 15.8. The summed E-state index contributed by atoms with van der Waals surface area (Å²) in [4.78, 5) is 9.03. The molecule has 0 saturated carbocycles. The predicted octanol–water partition coefficient (Wildman–Crippen LogP) is 5.85. The average molecular weight is 548 g/mol. The van der Waals surface area contributed by atoms with Crippen LogP contribution in [0.3, 0.4) is 0 Å². The Balaban J connectivity index is 1.70. The fraction of sp³-hybridized carbons (Fsp3) is 0.577. The second kappa shape index (κ2) is 11.0. The highest BCUT2D eigenvalue weighted by atomic mass is 32.2. The Hall–Kier alpha value is -2.05. The molecule has 3 atom stereocenters. The van der Waals surface area contributed by atoms with Crippen molar-refractivity contribution in [1.82, 2.24) is 19.7 Å². The molecule has 0 spiro atoms. The zero-order chi connectivity index (χ0) is 27.1. The first-order valence-electron chi connectivity index (χ1n) is 12.9. The number of ether oxygens (including phenoxy) is 1. The highest BCUT2D eigenvalue weighted by molar-refractivity contribution is 7.99. The van der Waals surface area contributed by atoms with E-state index in [1.54, 1.807) is 10.7 Å². The van der Waals surface area contributed by atoms with E-state index in [0.717, 1.165) is 5.56 Å². The minimum atomic E-state index is -2.21. The lowest BCUT2D eigenvalue weighted by Crippen LogP contribution is -2.51. The van der Waals surface area contributed by atoms with Crippen molar-refractivity contribution in [2.24, 2.45) is 0 Å². The van der Waals surface area contributed by atoms with Crippen LogP contribution < -0.4 is 5.73 Å². The lowest BCUT2D eigenvalue weighted by atomic mass is 10.2. The van der Waals surface area contributed by atoms with E-state index in [4.69, 9.17) is 20.0 Å². The summed E-state index contributed by atoms with van der Waals surface area (Å²) in [6, 6.07) is 5.07. The molecule has 1 aliphatic heterocycles. The van der Waals surface area contributed by atoms with Crippen molar-refractivity contribution in [2.45, 2.75) is 99.9 Å². The van der Waals surface area contributed by atoms with Crippen LogP contribution >= 0.6 is 11.8 Å². The monoisotopic (exact) mass is 547 g/mol. The number of rotatable bonds is 9. The Kier molecular flexibility index (Phi) is 8.30. The molecule has 0 unspecified atom stereocenters. The Morgan fingerprint density at radius 2 is 1.86 bits per heavy atom. The van der Waals surface area contributed by atoms with Crippen LogP contribution in [0.5, 0.6) is 0 Å². The third kappa shape index (κ3) is 5.16. The number of nitrogens with zero attached hydrogens (tertiary/aromatic N) is 4. The number of nitrogens with two attached hydrogens (primary N) is 1. The zero-order valence-electron chi connectivity index (χ0n) is 22.6. The molecule has 3 N–H and O–H groups in total. The molecule has 37 heavy (non-hydrogen) atoms. The van der Waals surface area contributed by atoms with Crippen LogP contribution in [-0.4, -0.2) is 52.0 Å². The molecule has 202 valence electrons. The second-order valence-corrected chi connectivity index (χ2v) is 17.2. The maximum atomic E-state index is 14.7. The molecule has 2 aromatic heterocycles. The zero-order valence-corrected chi connectivity index (χ0v) is 24.4. The van der Waals surface area contributed by atoms with Crippen LogP contribution in [0.2, 0.25) is 16.6 Å². The highest BCUT2D eigenvalue weighted by Gasteiger charge is 2.50. The molecule has 3 aromatic rings. The average Bonchev–Trinajstić information content (AvgIpc) is 3.40. The van der Waals surface area contributed by atoms with Crippen LogP contribution in [0.4, 0.5) is 10.2 Å². The number of aliphatic hydroxyl groups excluding tert-OH is 1. The van der Waals surface area contributed by atoms with E-state index in [-0.39, 0.29) is 24.3 Å². The van der Waals surface area contributed by atoms with Gasteiger partial charge in [-0.05, 0) is 41.2 Å². The molecule has 4 rings (SSSR count). The van der Waals surface area contributed by atoms with E-state index in [1.165, 1.54) is 24.2 Å². The Morgan fingerprint density at radius 3 is 2.46 bits per heavy atom. The molecular formula is C26H38FN5O3SSi. The summed E-state index contributed by atoms with van der Waals surface area (Å²) < 4.78 is 29.7. The van der Waals surface area contributed by atoms with Gasteiger partial charge in [0, 0.05) is 11.3 Å². The molecule has 1 saturated heterocycles. The predicted molar refractivity (Wildman–Crippen MR) is 147 cm³/mol. The van der Waals surface area contributed by atoms with Crippen molar-refractivity contribution in [3.63, 3.8) is 0 Å². The van der Waals surface area contributed by atoms with Gasteiger partial charge in [0.25, 0.3) is 0 Å². The molecule has 0 bridgehead atoms. The van der Waals surface area contributed by atoms with Gasteiger partial charge in [-0.2, -0.15) is 5.10 Å². The van der Waals surface area contributed by atoms with Gasteiger partial charge in [-0.25, -0.2) is 19.0 Å². The molecule has 0 aliphatic carbocycles. The first-order chi connectivity index (χ1) is 17.5. The van der Waals surface area contributed by atoms with Gasteiger partial charge in [0.1, 0.15) is 29.1 Å². The number of benzene rings is 1. The summed E-state index contributed by atoms with van der Waals surface area (Å²) in [5.74, 6) is -0.0620. The lowest BCUT2D eigenvalue weighted by molar-refractivity contribution is -0.0458. The fourth-order valence-electron chi connectivity index (χ4n) is 5.84. The van der Waals surface area contributed by atoms with E-state index in [0.29, 0.717) is 44.0 Å². The lowest BCUT2D eigenvalue weighted by Gasteiger charge is -2.44. The van der Waals surface area contributed by atoms with E-state index in [9.17, 15) is 9.50 Å². The van der Waals surface area contributed by atoms with Crippen LogP contribution in [0.25, 0.3) is 11.0 Å². The van der Waals surface area contributed by atoms with Gasteiger partial charge >= 0.3 is 0 Å². The highest BCUT2D eigenvalue weighted by Crippen LogP contribution is 2.46. The van der Waals surface area contributed by atoms with Crippen molar-refractivity contribution < 1.29 is 18.7 Å². The Morgan fingerprint density at radius 1 is 1.19 bits per heavy atom. The van der Waals surface area contributed by atoms with Gasteiger partial charge in [-0.15, -0.1) is 0 Å². The number of fused-ring (bicyclic) bond motifs is 1. The van der Waals surface area contributed by atoms with E-state index >= 15 is 0 Å². The van der Waals surface area contributed by atoms with Crippen molar-refractivity contribution in [3.8, 4) is 0 Å². The Labute approximate surface area is 223 Å². The topological polar surface area (TPSA) is 108 Å². The van der Waals surface area contributed by atoms with Crippen molar-refractivity contribution >= 4 is 36.9 Å². The van der Waals surface area contributed by atoms with Crippen LogP contribution in [-0.2, 0) is 9.16 Å². The van der Waals surface area contributed by atoms with Crippen molar-refractivity contribution in [2.75, 3.05) is 12.3 Å².